The molecule has 0 heterocycles. The standard InChI is InChI=1S/C18H20ClNO/c1-4-18(2,3)13-7-5-12(6-8-13)17(21)15-11-14(20)9-10-16(15)19/h5-11H,4,20H2,1-3H3. The van der Waals surface area contributed by atoms with E-state index in [2.05, 4.69) is 20.8 Å². The molecule has 0 radical (unpaired) electrons. The van der Waals surface area contributed by atoms with Gasteiger partial charge in [-0.2, -0.15) is 0 Å². The van der Waals surface area contributed by atoms with E-state index in [9.17, 15) is 4.79 Å². The van der Waals surface area contributed by atoms with Crippen LogP contribution in [0, 0.1) is 0 Å². The summed E-state index contributed by atoms with van der Waals surface area (Å²) in [6.07, 6.45) is 1.04. The minimum atomic E-state index is -0.104. The van der Waals surface area contributed by atoms with Gasteiger partial charge in [-0.1, -0.05) is 56.6 Å². The van der Waals surface area contributed by atoms with Crippen LogP contribution in [0.15, 0.2) is 42.5 Å². The molecule has 0 aliphatic carbocycles. The fraction of sp³-hybridized carbons (Fsp3) is 0.278. The molecule has 2 aromatic rings. The summed E-state index contributed by atoms with van der Waals surface area (Å²) in [5, 5.41) is 0.423. The second kappa shape index (κ2) is 5.90. The number of ketones is 1. The number of benzene rings is 2. The van der Waals surface area contributed by atoms with E-state index in [1.165, 1.54) is 5.56 Å². The zero-order valence-electron chi connectivity index (χ0n) is 12.6. The van der Waals surface area contributed by atoms with Crippen molar-refractivity contribution in [2.24, 2.45) is 0 Å². The third-order valence-corrected chi connectivity index (χ3v) is 4.38. The highest BCUT2D eigenvalue weighted by Gasteiger charge is 2.19. The van der Waals surface area contributed by atoms with E-state index in [1.54, 1.807) is 18.2 Å². The van der Waals surface area contributed by atoms with E-state index in [0.717, 1.165) is 6.42 Å². The summed E-state index contributed by atoms with van der Waals surface area (Å²) < 4.78 is 0. The Morgan fingerprint density at radius 3 is 2.33 bits per heavy atom. The van der Waals surface area contributed by atoms with Crippen molar-refractivity contribution in [1.82, 2.24) is 0 Å². The van der Waals surface area contributed by atoms with Crippen LogP contribution in [0.3, 0.4) is 0 Å². The maximum absolute atomic E-state index is 12.5. The normalized spacial score (nSPS) is 11.4. The van der Waals surface area contributed by atoms with E-state index in [-0.39, 0.29) is 11.2 Å². The Balaban J connectivity index is 2.35. The van der Waals surface area contributed by atoms with Crippen molar-refractivity contribution in [2.45, 2.75) is 32.6 Å². The fourth-order valence-electron chi connectivity index (χ4n) is 2.15. The first-order valence-electron chi connectivity index (χ1n) is 7.05. The van der Waals surface area contributed by atoms with Gasteiger partial charge in [-0.3, -0.25) is 4.79 Å². The van der Waals surface area contributed by atoms with Crippen LogP contribution in [0.2, 0.25) is 5.02 Å². The summed E-state index contributed by atoms with van der Waals surface area (Å²) in [6, 6.07) is 12.7. The van der Waals surface area contributed by atoms with Crippen molar-refractivity contribution in [3.05, 3.63) is 64.2 Å². The van der Waals surface area contributed by atoms with Crippen molar-refractivity contribution < 1.29 is 4.79 Å². The van der Waals surface area contributed by atoms with Crippen molar-refractivity contribution >= 4 is 23.1 Å². The van der Waals surface area contributed by atoms with E-state index in [0.29, 0.717) is 21.8 Å². The van der Waals surface area contributed by atoms with Gasteiger partial charge in [0.2, 0.25) is 0 Å². The van der Waals surface area contributed by atoms with Crippen LogP contribution < -0.4 is 5.73 Å². The second-order valence-electron chi connectivity index (χ2n) is 5.88. The molecule has 110 valence electrons. The SMILES string of the molecule is CCC(C)(C)c1ccc(C(=O)c2cc(N)ccc2Cl)cc1. The van der Waals surface area contributed by atoms with Gasteiger partial charge in [-0.15, -0.1) is 0 Å². The van der Waals surface area contributed by atoms with E-state index in [1.807, 2.05) is 24.3 Å². The Hall–Kier alpha value is -1.80. The molecular formula is C18H20ClNO. The number of hydrogen-bond donors (Lipinski definition) is 1. The predicted molar refractivity (Wildman–Crippen MR) is 89.1 cm³/mol. The van der Waals surface area contributed by atoms with Gasteiger partial charge < -0.3 is 5.73 Å². The van der Waals surface area contributed by atoms with Crippen molar-refractivity contribution in [3.8, 4) is 0 Å². The fourth-order valence-corrected chi connectivity index (χ4v) is 2.35. The molecule has 0 saturated heterocycles. The van der Waals surface area contributed by atoms with Crippen LogP contribution in [0.5, 0.6) is 0 Å². The lowest BCUT2D eigenvalue weighted by Crippen LogP contribution is -2.15. The van der Waals surface area contributed by atoms with Crippen LogP contribution in [-0.4, -0.2) is 5.78 Å². The molecule has 0 fully saturated rings. The predicted octanol–water partition coefficient (Wildman–Crippen LogP) is 4.84. The summed E-state index contributed by atoms with van der Waals surface area (Å²) in [7, 11) is 0. The van der Waals surface area contributed by atoms with Crippen LogP contribution in [0.25, 0.3) is 0 Å². The maximum Gasteiger partial charge on any atom is 0.194 e. The molecule has 0 saturated carbocycles. The number of carbonyl (C=O) groups is 1. The highest BCUT2D eigenvalue weighted by atomic mass is 35.5. The zero-order valence-corrected chi connectivity index (χ0v) is 13.4. The highest BCUT2D eigenvalue weighted by molar-refractivity contribution is 6.35. The molecular weight excluding hydrogens is 282 g/mol. The molecule has 0 spiro atoms. The number of carbonyl (C=O) groups excluding carboxylic acids is 1. The monoisotopic (exact) mass is 301 g/mol. The minimum absolute atomic E-state index is 0.104. The van der Waals surface area contributed by atoms with E-state index in [4.69, 9.17) is 17.3 Å². The topological polar surface area (TPSA) is 43.1 Å². The molecule has 3 heteroatoms. The van der Waals surface area contributed by atoms with Crippen molar-refractivity contribution in [2.75, 3.05) is 5.73 Å². The Kier molecular flexibility index (Phi) is 4.38. The number of hydrogen-bond acceptors (Lipinski definition) is 2. The summed E-state index contributed by atoms with van der Waals surface area (Å²) in [5.41, 5.74) is 8.66. The number of nitrogen functional groups attached to an aromatic ring is 1. The Morgan fingerprint density at radius 1 is 1.14 bits per heavy atom. The average Bonchev–Trinajstić information content (AvgIpc) is 2.49. The van der Waals surface area contributed by atoms with Crippen LogP contribution in [-0.2, 0) is 5.41 Å². The first-order chi connectivity index (χ1) is 9.85. The van der Waals surface area contributed by atoms with Gasteiger partial charge in [0, 0.05) is 16.8 Å². The Labute approximate surface area is 130 Å². The summed E-state index contributed by atoms with van der Waals surface area (Å²) in [4.78, 5) is 12.5. The zero-order chi connectivity index (χ0) is 15.6. The third-order valence-electron chi connectivity index (χ3n) is 4.05. The molecule has 0 aromatic heterocycles. The lowest BCUT2D eigenvalue weighted by molar-refractivity contribution is 0.103. The number of halogens is 1. The lowest BCUT2D eigenvalue weighted by atomic mass is 9.82. The third kappa shape index (κ3) is 3.27. The summed E-state index contributed by atoms with van der Waals surface area (Å²) >= 11 is 6.09. The van der Waals surface area contributed by atoms with Gasteiger partial charge in [-0.05, 0) is 35.6 Å². The van der Waals surface area contributed by atoms with Crippen molar-refractivity contribution in [1.29, 1.82) is 0 Å². The Morgan fingerprint density at radius 2 is 1.76 bits per heavy atom. The smallest absolute Gasteiger partial charge is 0.194 e. The average molecular weight is 302 g/mol. The van der Waals surface area contributed by atoms with Gasteiger partial charge >= 0.3 is 0 Å². The molecule has 0 aliphatic rings. The van der Waals surface area contributed by atoms with Gasteiger partial charge in [-0.25, -0.2) is 0 Å². The Bertz CT molecular complexity index is 659. The van der Waals surface area contributed by atoms with Crippen LogP contribution >= 0.6 is 11.6 Å². The molecule has 0 unspecified atom stereocenters. The van der Waals surface area contributed by atoms with Gasteiger partial charge in [0.25, 0.3) is 0 Å². The lowest BCUT2D eigenvalue weighted by Gasteiger charge is -2.23. The van der Waals surface area contributed by atoms with Crippen molar-refractivity contribution in [3.63, 3.8) is 0 Å². The van der Waals surface area contributed by atoms with Gasteiger partial charge in [0.05, 0.1) is 5.02 Å². The first-order valence-corrected chi connectivity index (χ1v) is 7.43. The van der Waals surface area contributed by atoms with E-state index < -0.39 is 0 Å². The first kappa shape index (κ1) is 15.6. The molecule has 2 N–H and O–H groups in total. The molecule has 2 nitrogen and oxygen atoms in total. The summed E-state index contributed by atoms with van der Waals surface area (Å²) in [6.45, 7) is 6.54. The van der Waals surface area contributed by atoms with Gasteiger partial charge in [0.1, 0.15) is 0 Å². The van der Waals surface area contributed by atoms with E-state index >= 15 is 0 Å². The molecule has 0 bridgehead atoms. The minimum Gasteiger partial charge on any atom is -0.399 e. The maximum atomic E-state index is 12.5. The quantitative estimate of drug-likeness (QED) is 0.648. The summed E-state index contributed by atoms with van der Waals surface area (Å²) in [5.74, 6) is -0.104. The van der Waals surface area contributed by atoms with Crippen LogP contribution in [0.1, 0.15) is 48.7 Å². The highest BCUT2D eigenvalue weighted by Crippen LogP contribution is 2.28. The number of nitrogens with two attached hydrogens (primary N) is 1. The largest absolute Gasteiger partial charge is 0.399 e. The molecule has 2 aromatic carbocycles. The molecule has 0 atom stereocenters. The number of anilines is 1. The molecule has 0 aliphatic heterocycles. The van der Waals surface area contributed by atoms with Crippen LogP contribution in [0.4, 0.5) is 5.69 Å². The number of rotatable bonds is 4. The second-order valence-corrected chi connectivity index (χ2v) is 6.29. The molecule has 21 heavy (non-hydrogen) atoms. The molecule has 2 rings (SSSR count). The van der Waals surface area contributed by atoms with Gasteiger partial charge in [0.15, 0.2) is 5.78 Å². The molecule has 0 amide bonds.